The summed E-state index contributed by atoms with van der Waals surface area (Å²) < 4.78 is 10.9. The SMILES string of the molecule is CCOC(CCNCc1ccnc(C)n1)OCC. The van der Waals surface area contributed by atoms with Gasteiger partial charge in [-0.05, 0) is 26.8 Å². The maximum atomic E-state index is 5.47. The molecule has 0 spiro atoms. The van der Waals surface area contributed by atoms with Crippen LogP contribution in [0.25, 0.3) is 0 Å². The molecule has 0 aliphatic heterocycles. The van der Waals surface area contributed by atoms with Crippen molar-refractivity contribution < 1.29 is 9.47 Å². The molecule has 1 aromatic heterocycles. The summed E-state index contributed by atoms with van der Waals surface area (Å²) in [5.41, 5.74) is 1.01. The molecular weight excluding hydrogens is 230 g/mol. The van der Waals surface area contributed by atoms with Crippen molar-refractivity contribution in [1.82, 2.24) is 15.3 Å². The van der Waals surface area contributed by atoms with Crippen LogP contribution in [0, 0.1) is 6.92 Å². The predicted molar refractivity (Wildman–Crippen MR) is 70.1 cm³/mol. The molecule has 0 aliphatic carbocycles. The van der Waals surface area contributed by atoms with Crippen molar-refractivity contribution in [2.24, 2.45) is 0 Å². The molecule has 0 aliphatic rings. The van der Waals surface area contributed by atoms with Crippen LogP contribution in [0.15, 0.2) is 12.3 Å². The molecule has 0 bridgehead atoms. The lowest BCUT2D eigenvalue weighted by Crippen LogP contribution is -2.25. The molecule has 1 heterocycles. The Balaban J connectivity index is 2.20. The quantitative estimate of drug-likeness (QED) is 0.536. The van der Waals surface area contributed by atoms with E-state index < -0.39 is 0 Å². The molecule has 1 N–H and O–H groups in total. The molecule has 0 saturated heterocycles. The Kier molecular flexibility index (Phi) is 7.48. The van der Waals surface area contributed by atoms with Gasteiger partial charge in [-0.2, -0.15) is 0 Å². The van der Waals surface area contributed by atoms with E-state index in [-0.39, 0.29) is 6.29 Å². The van der Waals surface area contributed by atoms with E-state index in [1.807, 2.05) is 26.8 Å². The molecule has 0 aromatic carbocycles. The lowest BCUT2D eigenvalue weighted by Gasteiger charge is -2.16. The van der Waals surface area contributed by atoms with E-state index in [2.05, 4.69) is 15.3 Å². The maximum Gasteiger partial charge on any atom is 0.158 e. The van der Waals surface area contributed by atoms with Gasteiger partial charge in [-0.25, -0.2) is 9.97 Å². The zero-order valence-corrected chi connectivity index (χ0v) is 11.5. The number of rotatable bonds is 9. The molecule has 0 fully saturated rings. The number of hydrogen-bond acceptors (Lipinski definition) is 5. The largest absolute Gasteiger partial charge is 0.353 e. The molecule has 0 radical (unpaired) electrons. The van der Waals surface area contributed by atoms with Gasteiger partial charge in [0.25, 0.3) is 0 Å². The third-order valence-electron chi connectivity index (χ3n) is 2.40. The molecule has 1 aromatic rings. The summed E-state index contributed by atoms with van der Waals surface area (Å²) in [6.45, 7) is 8.78. The van der Waals surface area contributed by atoms with E-state index in [0.717, 1.165) is 31.0 Å². The Morgan fingerprint density at radius 1 is 1.28 bits per heavy atom. The van der Waals surface area contributed by atoms with E-state index in [4.69, 9.17) is 9.47 Å². The zero-order valence-electron chi connectivity index (χ0n) is 11.5. The molecule has 5 heteroatoms. The van der Waals surface area contributed by atoms with Crippen molar-refractivity contribution in [3.05, 3.63) is 23.8 Å². The van der Waals surface area contributed by atoms with E-state index in [1.54, 1.807) is 6.20 Å². The predicted octanol–water partition coefficient (Wildman–Crippen LogP) is 1.66. The summed E-state index contributed by atoms with van der Waals surface area (Å²) >= 11 is 0. The fraction of sp³-hybridized carbons (Fsp3) is 0.692. The molecule has 0 atom stereocenters. The summed E-state index contributed by atoms with van der Waals surface area (Å²) in [7, 11) is 0. The Morgan fingerprint density at radius 2 is 2.00 bits per heavy atom. The van der Waals surface area contributed by atoms with Crippen LogP contribution in [0.4, 0.5) is 0 Å². The normalized spacial score (nSPS) is 11.1. The Morgan fingerprint density at radius 3 is 2.61 bits per heavy atom. The highest BCUT2D eigenvalue weighted by Crippen LogP contribution is 2.00. The van der Waals surface area contributed by atoms with Gasteiger partial charge < -0.3 is 14.8 Å². The maximum absolute atomic E-state index is 5.47. The number of hydrogen-bond donors (Lipinski definition) is 1. The molecule has 0 unspecified atom stereocenters. The van der Waals surface area contributed by atoms with Crippen molar-refractivity contribution >= 4 is 0 Å². The minimum absolute atomic E-state index is 0.111. The lowest BCUT2D eigenvalue weighted by atomic mass is 10.3. The first-order valence-electron chi connectivity index (χ1n) is 6.48. The number of nitrogens with one attached hydrogen (secondary N) is 1. The minimum atomic E-state index is -0.111. The van der Waals surface area contributed by atoms with Gasteiger partial charge in [0.1, 0.15) is 5.82 Å². The highest BCUT2D eigenvalue weighted by molar-refractivity contribution is 5.00. The third-order valence-corrected chi connectivity index (χ3v) is 2.40. The molecular formula is C13H23N3O2. The first-order chi connectivity index (χ1) is 8.76. The third kappa shape index (κ3) is 6.05. The van der Waals surface area contributed by atoms with Gasteiger partial charge in [-0.3, -0.25) is 0 Å². The Hall–Kier alpha value is -1.04. The van der Waals surface area contributed by atoms with Gasteiger partial charge in [-0.15, -0.1) is 0 Å². The van der Waals surface area contributed by atoms with Crippen LogP contribution in [-0.2, 0) is 16.0 Å². The molecule has 18 heavy (non-hydrogen) atoms. The second kappa shape index (κ2) is 8.97. The summed E-state index contributed by atoms with van der Waals surface area (Å²) in [4.78, 5) is 8.39. The second-order valence-corrected chi connectivity index (χ2v) is 3.90. The van der Waals surface area contributed by atoms with Crippen molar-refractivity contribution in [3.8, 4) is 0 Å². The average Bonchev–Trinajstić information content (AvgIpc) is 2.35. The van der Waals surface area contributed by atoms with Crippen molar-refractivity contribution in [1.29, 1.82) is 0 Å². The number of ether oxygens (including phenoxy) is 2. The summed E-state index contributed by atoms with van der Waals surface area (Å²) in [6.07, 6.45) is 2.51. The number of nitrogens with zero attached hydrogens (tertiary/aromatic N) is 2. The zero-order chi connectivity index (χ0) is 13.2. The van der Waals surface area contributed by atoms with Crippen molar-refractivity contribution in [2.45, 2.75) is 40.0 Å². The van der Waals surface area contributed by atoms with Crippen LogP contribution in [0.1, 0.15) is 31.8 Å². The fourth-order valence-corrected chi connectivity index (χ4v) is 1.63. The van der Waals surface area contributed by atoms with Crippen molar-refractivity contribution in [3.63, 3.8) is 0 Å². The first-order valence-corrected chi connectivity index (χ1v) is 6.48. The lowest BCUT2D eigenvalue weighted by molar-refractivity contribution is -0.138. The van der Waals surface area contributed by atoms with Gasteiger partial charge in [0.15, 0.2) is 6.29 Å². The highest BCUT2D eigenvalue weighted by Gasteiger charge is 2.06. The van der Waals surface area contributed by atoms with Crippen LogP contribution in [0.3, 0.4) is 0 Å². The molecule has 0 amide bonds. The van der Waals surface area contributed by atoms with E-state index in [1.165, 1.54) is 0 Å². The fourth-order valence-electron chi connectivity index (χ4n) is 1.63. The first kappa shape index (κ1) is 15.0. The van der Waals surface area contributed by atoms with Crippen LogP contribution in [-0.4, -0.2) is 36.0 Å². The Labute approximate surface area is 109 Å². The minimum Gasteiger partial charge on any atom is -0.353 e. The monoisotopic (exact) mass is 253 g/mol. The summed E-state index contributed by atoms with van der Waals surface area (Å²) in [6, 6.07) is 1.92. The molecule has 1 rings (SSSR count). The second-order valence-electron chi connectivity index (χ2n) is 3.90. The summed E-state index contributed by atoms with van der Waals surface area (Å²) in [5, 5.41) is 3.33. The van der Waals surface area contributed by atoms with Gasteiger partial charge in [0.2, 0.25) is 0 Å². The smallest absolute Gasteiger partial charge is 0.158 e. The van der Waals surface area contributed by atoms with Crippen molar-refractivity contribution in [2.75, 3.05) is 19.8 Å². The summed E-state index contributed by atoms with van der Waals surface area (Å²) in [5.74, 6) is 0.802. The highest BCUT2D eigenvalue weighted by atomic mass is 16.7. The van der Waals surface area contributed by atoms with Crippen LogP contribution < -0.4 is 5.32 Å². The van der Waals surface area contributed by atoms with E-state index in [0.29, 0.717) is 13.2 Å². The standard InChI is InChI=1S/C13H23N3O2/c1-4-17-13(18-5-2)7-8-14-10-12-6-9-15-11(3)16-12/h6,9,13-14H,4-5,7-8,10H2,1-3H3. The number of aromatic nitrogens is 2. The van der Waals surface area contributed by atoms with E-state index >= 15 is 0 Å². The topological polar surface area (TPSA) is 56.3 Å². The average molecular weight is 253 g/mol. The van der Waals surface area contributed by atoms with Gasteiger partial charge in [0, 0.05) is 38.9 Å². The van der Waals surface area contributed by atoms with Gasteiger partial charge in [-0.1, -0.05) is 0 Å². The van der Waals surface area contributed by atoms with Crippen LogP contribution >= 0.6 is 0 Å². The molecule has 0 saturated carbocycles. The van der Waals surface area contributed by atoms with Gasteiger partial charge >= 0.3 is 0 Å². The van der Waals surface area contributed by atoms with Crippen LogP contribution in [0.5, 0.6) is 0 Å². The molecule has 102 valence electrons. The van der Waals surface area contributed by atoms with Gasteiger partial charge in [0.05, 0.1) is 5.69 Å². The van der Waals surface area contributed by atoms with E-state index in [9.17, 15) is 0 Å². The number of aryl methyl sites for hydroxylation is 1. The molecule has 5 nitrogen and oxygen atoms in total. The van der Waals surface area contributed by atoms with Crippen LogP contribution in [0.2, 0.25) is 0 Å². The Bertz CT molecular complexity index is 328.